The van der Waals surface area contributed by atoms with Crippen LogP contribution in [0.3, 0.4) is 0 Å². The lowest BCUT2D eigenvalue weighted by Crippen LogP contribution is -2.42. The van der Waals surface area contributed by atoms with E-state index in [4.69, 9.17) is 9.47 Å². The zero-order valence-corrected chi connectivity index (χ0v) is 14.5. The quantitative estimate of drug-likeness (QED) is 0.553. The summed E-state index contributed by atoms with van der Waals surface area (Å²) in [5, 5.41) is 2.68. The maximum atomic E-state index is 11.8. The van der Waals surface area contributed by atoms with Gasteiger partial charge in [-0.3, -0.25) is 9.59 Å². The van der Waals surface area contributed by atoms with Gasteiger partial charge in [-0.25, -0.2) is 4.79 Å². The van der Waals surface area contributed by atoms with Crippen molar-refractivity contribution in [2.75, 3.05) is 7.11 Å². The normalized spacial score (nSPS) is 11.5. The molecule has 0 radical (unpaired) electrons. The van der Waals surface area contributed by atoms with E-state index >= 15 is 0 Å². The summed E-state index contributed by atoms with van der Waals surface area (Å²) in [5.41, 5.74) is 0.831. The second-order valence-corrected chi connectivity index (χ2v) is 5.47. The van der Waals surface area contributed by atoms with Crippen LogP contribution in [0, 0.1) is 0 Å². The molecule has 0 unspecified atom stereocenters. The fourth-order valence-electron chi connectivity index (χ4n) is 2.14. The van der Waals surface area contributed by atoms with Crippen molar-refractivity contribution in [2.24, 2.45) is 0 Å². The Bertz CT molecular complexity index is 553. The van der Waals surface area contributed by atoms with Gasteiger partial charge in [-0.1, -0.05) is 26.0 Å². The van der Waals surface area contributed by atoms with Crippen molar-refractivity contribution in [1.82, 2.24) is 5.32 Å². The Morgan fingerprint density at radius 3 is 2.21 bits per heavy atom. The number of hydrogen-bond donors (Lipinski definition) is 1. The van der Waals surface area contributed by atoms with E-state index in [1.807, 2.05) is 13.8 Å². The summed E-state index contributed by atoms with van der Waals surface area (Å²) in [6.07, 6.45) is 2.48. The number of esters is 2. The predicted octanol–water partition coefficient (Wildman–Crippen LogP) is 2.39. The van der Waals surface area contributed by atoms with Crippen LogP contribution in [0.1, 0.15) is 45.1 Å². The Labute approximate surface area is 142 Å². The third-order valence-electron chi connectivity index (χ3n) is 3.35. The molecule has 6 nitrogen and oxygen atoms in total. The lowest BCUT2D eigenvalue weighted by Gasteiger charge is -2.16. The maximum absolute atomic E-state index is 11.8. The molecule has 0 aliphatic rings. The van der Waals surface area contributed by atoms with E-state index in [-0.39, 0.29) is 11.9 Å². The van der Waals surface area contributed by atoms with Gasteiger partial charge in [0, 0.05) is 19.3 Å². The molecule has 0 fully saturated rings. The van der Waals surface area contributed by atoms with Crippen molar-refractivity contribution < 1.29 is 23.9 Å². The molecular formula is C18H25NO5. The first-order valence-electron chi connectivity index (χ1n) is 8.16. The summed E-state index contributed by atoms with van der Waals surface area (Å²) in [6, 6.07) is 6.13. The minimum atomic E-state index is -0.734. The Morgan fingerprint density at radius 1 is 1.04 bits per heavy atom. The van der Waals surface area contributed by atoms with Crippen LogP contribution in [-0.2, 0) is 25.5 Å². The molecule has 6 heteroatoms. The third kappa shape index (κ3) is 6.81. The summed E-state index contributed by atoms with van der Waals surface area (Å²) in [4.78, 5) is 35.0. The molecule has 0 saturated carbocycles. The van der Waals surface area contributed by atoms with Crippen molar-refractivity contribution in [2.45, 2.75) is 52.0 Å². The molecule has 0 aliphatic carbocycles. The summed E-state index contributed by atoms with van der Waals surface area (Å²) in [5.74, 6) is -0.484. The van der Waals surface area contributed by atoms with E-state index in [1.54, 1.807) is 24.3 Å². The molecule has 24 heavy (non-hydrogen) atoms. The first kappa shape index (κ1) is 19.7. The van der Waals surface area contributed by atoms with Gasteiger partial charge in [-0.15, -0.1) is 0 Å². The minimum Gasteiger partial charge on any atom is -0.467 e. The van der Waals surface area contributed by atoms with Gasteiger partial charge in [0.1, 0.15) is 11.8 Å². The van der Waals surface area contributed by atoms with Crippen molar-refractivity contribution in [3.05, 3.63) is 29.8 Å². The third-order valence-corrected chi connectivity index (χ3v) is 3.35. The van der Waals surface area contributed by atoms with Crippen LogP contribution < -0.4 is 10.1 Å². The van der Waals surface area contributed by atoms with Crippen LogP contribution >= 0.6 is 0 Å². The van der Waals surface area contributed by atoms with Crippen LogP contribution in [0.4, 0.5) is 0 Å². The Kier molecular flexibility index (Phi) is 8.54. The zero-order valence-electron chi connectivity index (χ0n) is 14.5. The Hall–Kier alpha value is -2.37. The molecule has 0 aliphatic heterocycles. The molecule has 1 N–H and O–H groups in total. The number of ether oxygens (including phenoxy) is 2. The highest BCUT2D eigenvalue weighted by molar-refractivity contribution is 5.84. The van der Waals surface area contributed by atoms with E-state index in [9.17, 15) is 14.4 Å². The number of benzene rings is 1. The number of nitrogens with one attached hydrogen (secondary N) is 1. The van der Waals surface area contributed by atoms with Gasteiger partial charge < -0.3 is 14.8 Å². The smallest absolute Gasteiger partial charge is 0.328 e. The van der Waals surface area contributed by atoms with Crippen molar-refractivity contribution in [1.29, 1.82) is 0 Å². The Morgan fingerprint density at radius 2 is 1.67 bits per heavy atom. The van der Waals surface area contributed by atoms with Gasteiger partial charge in [-0.2, -0.15) is 0 Å². The second kappa shape index (κ2) is 10.4. The van der Waals surface area contributed by atoms with Gasteiger partial charge in [0.2, 0.25) is 5.91 Å². The molecule has 1 atom stereocenters. The van der Waals surface area contributed by atoms with E-state index in [0.717, 1.165) is 12.0 Å². The van der Waals surface area contributed by atoms with Crippen molar-refractivity contribution in [3.8, 4) is 5.75 Å². The molecule has 0 saturated heterocycles. The average molecular weight is 335 g/mol. The molecule has 1 aromatic carbocycles. The summed E-state index contributed by atoms with van der Waals surface area (Å²) in [6.45, 7) is 3.80. The average Bonchev–Trinajstić information content (AvgIpc) is 2.55. The Balaban J connectivity index is 2.70. The largest absolute Gasteiger partial charge is 0.467 e. The topological polar surface area (TPSA) is 81.7 Å². The second-order valence-electron chi connectivity index (χ2n) is 5.47. The SMILES string of the molecule is CCCC(=O)N[C@@H](Cc1ccc(OC(=O)CCC)cc1)C(=O)OC. The minimum absolute atomic E-state index is 0.182. The van der Waals surface area contributed by atoms with E-state index in [0.29, 0.717) is 31.4 Å². The maximum Gasteiger partial charge on any atom is 0.328 e. The van der Waals surface area contributed by atoms with E-state index < -0.39 is 12.0 Å². The van der Waals surface area contributed by atoms with Crippen molar-refractivity contribution in [3.63, 3.8) is 0 Å². The van der Waals surface area contributed by atoms with Crippen LogP contribution in [-0.4, -0.2) is 31.0 Å². The van der Waals surface area contributed by atoms with Gasteiger partial charge in [0.15, 0.2) is 0 Å². The molecule has 132 valence electrons. The molecule has 0 heterocycles. The van der Waals surface area contributed by atoms with Crippen LogP contribution in [0.5, 0.6) is 5.75 Å². The van der Waals surface area contributed by atoms with Gasteiger partial charge in [0.25, 0.3) is 0 Å². The highest BCUT2D eigenvalue weighted by Gasteiger charge is 2.21. The van der Waals surface area contributed by atoms with E-state index in [1.165, 1.54) is 7.11 Å². The standard InChI is InChI=1S/C18H25NO5/c1-4-6-16(20)19-15(18(22)23-3)12-13-8-10-14(11-9-13)24-17(21)7-5-2/h8-11,15H,4-7,12H2,1-3H3,(H,19,20)/t15-/m0/s1. The zero-order chi connectivity index (χ0) is 17.9. The fraction of sp³-hybridized carbons (Fsp3) is 0.500. The number of methoxy groups -OCH3 is 1. The van der Waals surface area contributed by atoms with Crippen LogP contribution in [0.15, 0.2) is 24.3 Å². The molecule has 0 aromatic heterocycles. The molecule has 0 bridgehead atoms. The van der Waals surface area contributed by atoms with Gasteiger partial charge in [-0.05, 0) is 30.5 Å². The molecule has 0 spiro atoms. The molecule has 1 amide bonds. The highest BCUT2D eigenvalue weighted by atomic mass is 16.5. The first-order valence-corrected chi connectivity index (χ1v) is 8.16. The lowest BCUT2D eigenvalue weighted by atomic mass is 10.1. The summed E-state index contributed by atoms with van der Waals surface area (Å²) >= 11 is 0. The monoisotopic (exact) mass is 335 g/mol. The lowest BCUT2D eigenvalue weighted by molar-refractivity contribution is -0.145. The molecule has 1 rings (SSSR count). The number of rotatable bonds is 9. The fourth-order valence-corrected chi connectivity index (χ4v) is 2.14. The highest BCUT2D eigenvalue weighted by Crippen LogP contribution is 2.15. The number of carbonyl (C=O) groups is 3. The van der Waals surface area contributed by atoms with Crippen LogP contribution in [0.2, 0.25) is 0 Å². The number of amides is 1. The molecular weight excluding hydrogens is 310 g/mol. The van der Waals surface area contributed by atoms with Gasteiger partial charge in [0.05, 0.1) is 7.11 Å². The van der Waals surface area contributed by atoms with E-state index in [2.05, 4.69) is 5.32 Å². The van der Waals surface area contributed by atoms with Crippen molar-refractivity contribution >= 4 is 17.8 Å². The first-order chi connectivity index (χ1) is 11.5. The number of carbonyl (C=O) groups excluding carboxylic acids is 3. The molecule has 1 aromatic rings. The summed E-state index contributed by atoms with van der Waals surface area (Å²) < 4.78 is 9.92. The number of hydrogen-bond acceptors (Lipinski definition) is 5. The summed E-state index contributed by atoms with van der Waals surface area (Å²) in [7, 11) is 1.29. The van der Waals surface area contributed by atoms with Gasteiger partial charge >= 0.3 is 11.9 Å². The predicted molar refractivity (Wildman–Crippen MR) is 89.5 cm³/mol. The van der Waals surface area contributed by atoms with Crippen LogP contribution in [0.25, 0.3) is 0 Å².